The highest BCUT2D eigenvalue weighted by atomic mass is 32.2. The van der Waals surface area contributed by atoms with Gasteiger partial charge in [-0.15, -0.1) is 10.2 Å². The molecule has 0 unspecified atom stereocenters. The molecule has 164 valence electrons. The lowest BCUT2D eigenvalue weighted by atomic mass is 10.2. The van der Waals surface area contributed by atoms with Crippen molar-refractivity contribution in [1.82, 2.24) is 10.2 Å². The zero-order valence-electron chi connectivity index (χ0n) is 17.1. The Labute approximate surface area is 189 Å². The van der Waals surface area contributed by atoms with Gasteiger partial charge in [-0.25, -0.2) is 8.42 Å². The molecular weight excluding hydrogens is 448 g/mol. The van der Waals surface area contributed by atoms with E-state index in [-0.39, 0.29) is 23.6 Å². The van der Waals surface area contributed by atoms with Crippen LogP contribution < -0.4 is 9.62 Å². The molecule has 4 rings (SSSR count). The molecule has 2 aromatic heterocycles. The molecule has 4 aromatic rings. The van der Waals surface area contributed by atoms with Gasteiger partial charge in [0.1, 0.15) is 0 Å². The summed E-state index contributed by atoms with van der Waals surface area (Å²) in [6, 6.07) is 16.8. The second-order valence-corrected chi connectivity index (χ2v) is 9.65. The Balaban J connectivity index is 1.40. The molecule has 32 heavy (non-hydrogen) atoms. The van der Waals surface area contributed by atoms with E-state index < -0.39 is 10.0 Å². The van der Waals surface area contributed by atoms with Gasteiger partial charge in [0.25, 0.3) is 10.0 Å². The highest BCUT2D eigenvalue weighted by Gasteiger charge is 2.21. The minimum atomic E-state index is -3.77. The number of carbonyl (C=O) groups excluding carboxylic acids is 1. The maximum atomic E-state index is 13.0. The SMILES string of the molecule is CN(c1ccccc1)S(=O)(=O)c1cccc(NC(=O)CCc2nnc(-c3ccsc3)o2)c1. The predicted octanol–water partition coefficient (Wildman–Crippen LogP) is 4.19. The first-order valence-electron chi connectivity index (χ1n) is 9.72. The summed E-state index contributed by atoms with van der Waals surface area (Å²) in [7, 11) is -2.28. The lowest BCUT2D eigenvalue weighted by Gasteiger charge is -2.19. The molecule has 2 aromatic carbocycles. The lowest BCUT2D eigenvalue weighted by Crippen LogP contribution is -2.26. The van der Waals surface area contributed by atoms with Crippen LogP contribution in [0.3, 0.4) is 0 Å². The van der Waals surface area contributed by atoms with E-state index in [0.29, 0.717) is 23.2 Å². The van der Waals surface area contributed by atoms with Crippen LogP contribution in [0.4, 0.5) is 11.4 Å². The molecule has 2 heterocycles. The average molecular weight is 469 g/mol. The Kier molecular flexibility index (Phi) is 6.33. The van der Waals surface area contributed by atoms with Crippen LogP contribution in [-0.2, 0) is 21.2 Å². The fourth-order valence-corrected chi connectivity index (χ4v) is 4.84. The van der Waals surface area contributed by atoms with Gasteiger partial charge in [-0.1, -0.05) is 24.3 Å². The van der Waals surface area contributed by atoms with Crippen LogP contribution in [-0.4, -0.2) is 31.6 Å². The number of hydrogen-bond acceptors (Lipinski definition) is 7. The smallest absolute Gasteiger partial charge is 0.264 e. The fourth-order valence-electron chi connectivity index (χ4n) is 2.97. The first-order chi connectivity index (χ1) is 15.4. The number of sulfonamides is 1. The quantitative estimate of drug-likeness (QED) is 0.416. The Morgan fingerprint density at radius 1 is 1.09 bits per heavy atom. The molecular formula is C22H20N4O4S2. The number of aromatic nitrogens is 2. The van der Waals surface area contributed by atoms with Crippen molar-refractivity contribution in [2.45, 2.75) is 17.7 Å². The van der Waals surface area contributed by atoms with Crippen molar-refractivity contribution in [3.63, 3.8) is 0 Å². The average Bonchev–Trinajstić information content (AvgIpc) is 3.50. The molecule has 0 aliphatic heterocycles. The minimum Gasteiger partial charge on any atom is -0.421 e. The van der Waals surface area contributed by atoms with Gasteiger partial charge in [0.05, 0.1) is 10.6 Å². The maximum Gasteiger partial charge on any atom is 0.264 e. The Hall–Kier alpha value is -3.50. The van der Waals surface area contributed by atoms with Crippen LogP contribution in [0, 0.1) is 0 Å². The summed E-state index contributed by atoms with van der Waals surface area (Å²) in [6.07, 6.45) is 0.393. The van der Waals surface area contributed by atoms with Crippen LogP contribution in [0.15, 0.2) is 80.7 Å². The number of hydrogen-bond donors (Lipinski definition) is 1. The van der Waals surface area contributed by atoms with Gasteiger partial charge >= 0.3 is 0 Å². The summed E-state index contributed by atoms with van der Waals surface area (Å²) in [6.45, 7) is 0. The summed E-state index contributed by atoms with van der Waals surface area (Å²) in [4.78, 5) is 12.5. The van der Waals surface area contributed by atoms with E-state index >= 15 is 0 Å². The van der Waals surface area contributed by atoms with E-state index in [9.17, 15) is 13.2 Å². The van der Waals surface area contributed by atoms with Crippen LogP contribution >= 0.6 is 11.3 Å². The number of nitrogens with one attached hydrogen (secondary N) is 1. The second-order valence-electron chi connectivity index (χ2n) is 6.90. The third kappa shape index (κ3) is 4.87. The van der Waals surface area contributed by atoms with E-state index in [1.807, 2.05) is 22.9 Å². The topological polar surface area (TPSA) is 105 Å². The molecule has 0 aliphatic carbocycles. The van der Waals surface area contributed by atoms with Crippen molar-refractivity contribution in [3.8, 4) is 11.5 Å². The summed E-state index contributed by atoms with van der Waals surface area (Å²) in [5.41, 5.74) is 1.78. The lowest BCUT2D eigenvalue weighted by molar-refractivity contribution is -0.116. The Morgan fingerprint density at radius 2 is 1.91 bits per heavy atom. The summed E-state index contributed by atoms with van der Waals surface area (Å²) >= 11 is 1.53. The molecule has 10 heteroatoms. The molecule has 0 aliphatic rings. The molecule has 8 nitrogen and oxygen atoms in total. The number of thiophene rings is 1. The monoisotopic (exact) mass is 468 g/mol. The molecule has 0 saturated carbocycles. The molecule has 0 spiro atoms. The van der Waals surface area contributed by atoms with Gasteiger partial charge < -0.3 is 9.73 Å². The number of nitrogens with zero attached hydrogens (tertiary/aromatic N) is 3. The fraction of sp³-hybridized carbons (Fsp3) is 0.136. The van der Waals surface area contributed by atoms with Gasteiger partial charge in [0, 0.05) is 36.5 Å². The van der Waals surface area contributed by atoms with E-state index in [1.54, 1.807) is 36.4 Å². The largest absolute Gasteiger partial charge is 0.421 e. The third-order valence-corrected chi connectivity index (χ3v) is 7.16. The van der Waals surface area contributed by atoms with Gasteiger partial charge in [-0.2, -0.15) is 11.3 Å². The first kappa shape index (κ1) is 21.7. The van der Waals surface area contributed by atoms with Gasteiger partial charge in [0.15, 0.2) is 0 Å². The molecule has 0 bridgehead atoms. The van der Waals surface area contributed by atoms with Crippen molar-refractivity contribution in [2.24, 2.45) is 0 Å². The number of para-hydroxylation sites is 1. The molecule has 1 amide bonds. The summed E-state index contributed by atoms with van der Waals surface area (Å²) in [5, 5.41) is 14.5. The van der Waals surface area contributed by atoms with E-state index in [2.05, 4.69) is 15.5 Å². The first-order valence-corrected chi connectivity index (χ1v) is 12.1. The predicted molar refractivity (Wildman–Crippen MR) is 123 cm³/mol. The molecule has 0 radical (unpaired) electrons. The number of carbonyl (C=O) groups is 1. The number of rotatable bonds is 8. The number of aryl methyl sites for hydroxylation is 1. The van der Waals surface area contributed by atoms with Crippen molar-refractivity contribution in [1.29, 1.82) is 0 Å². The van der Waals surface area contributed by atoms with Gasteiger partial charge in [0.2, 0.25) is 17.7 Å². The van der Waals surface area contributed by atoms with E-state index in [0.717, 1.165) is 5.56 Å². The summed E-state index contributed by atoms with van der Waals surface area (Å²) < 4.78 is 32.7. The Bertz CT molecular complexity index is 1300. The molecule has 1 N–H and O–H groups in total. The number of amides is 1. The minimum absolute atomic E-state index is 0.0824. The molecule has 0 fully saturated rings. The van der Waals surface area contributed by atoms with E-state index in [4.69, 9.17) is 4.42 Å². The molecule has 0 atom stereocenters. The second kappa shape index (κ2) is 9.33. The maximum absolute atomic E-state index is 13.0. The molecule has 0 saturated heterocycles. The van der Waals surface area contributed by atoms with Crippen molar-refractivity contribution < 1.29 is 17.6 Å². The number of benzene rings is 2. The zero-order valence-corrected chi connectivity index (χ0v) is 18.8. The zero-order chi connectivity index (χ0) is 22.6. The van der Waals surface area contributed by atoms with Crippen molar-refractivity contribution in [2.75, 3.05) is 16.7 Å². The van der Waals surface area contributed by atoms with Crippen LogP contribution in [0.25, 0.3) is 11.5 Å². The van der Waals surface area contributed by atoms with Crippen LogP contribution in [0.5, 0.6) is 0 Å². The van der Waals surface area contributed by atoms with Gasteiger partial charge in [-0.05, 0) is 41.8 Å². The van der Waals surface area contributed by atoms with Crippen LogP contribution in [0.1, 0.15) is 12.3 Å². The number of anilines is 2. The highest BCUT2D eigenvalue weighted by Crippen LogP contribution is 2.24. The van der Waals surface area contributed by atoms with Gasteiger partial charge in [-0.3, -0.25) is 9.10 Å². The van der Waals surface area contributed by atoms with Crippen molar-refractivity contribution in [3.05, 3.63) is 77.3 Å². The van der Waals surface area contributed by atoms with E-state index in [1.165, 1.54) is 34.8 Å². The normalized spacial score (nSPS) is 11.3. The summed E-state index contributed by atoms with van der Waals surface area (Å²) in [5.74, 6) is 0.496. The van der Waals surface area contributed by atoms with Crippen LogP contribution in [0.2, 0.25) is 0 Å². The highest BCUT2D eigenvalue weighted by molar-refractivity contribution is 7.92. The third-order valence-electron chi connectivity index (χ3n) is 4.70. The van der Waals surface area contributed by atoms with Crippen molar-refractivity contribution >= 4 is 38.6 Å². The standard InChI is InChI=1S/C22H20N4O4S2/c1-26(18-7-3-2-4-8-18)32(28,29)19-9-5-6-17(14-19)23-20(27)10-11-21-24-25-22(30-21)16-12-13-31-15-16/h2-9,12-15H,10-11H2,1H3,(H,23,27). The Morgan fingerprint density at radius 3 is 2.66 bits per heavy atom.